The SMILES string of the molecule is CCNC(=O)NC(=O)C(C)Sc1nnc(COc2ccccc2Cl)n1C(CC)CC. The van der Waals surface area contributed by atoms with E-state index >= 15 is 0 Å². The van der Waals surface area contributed by atoms with Crippen LogP contribution < -0.4 is 15.4 Å². The maximum Gasteiger partial charge on any atom is 0.321 e. The Labute approximate surface area is 186 Å². The smallest absolute Gasteiger partial charge is 0.321 e. The molecule has 3 amide bonds. The summed E-state index contributed by atoms with van der Waals surface area (Å²) in [6.07, 6.45) is 1.75. The van der Waals surface area contributed by atoms with Crippen molar-refractivity contribution >= 4 is 35.3 Å². The highest BCUT2D eigenvalue weighted by Crippen LogP contribution is 2.30. The second kappa shape index (κ2) is 11.8. The van der Waals surface area contributed by atoms with Crippen molar-refractivity contribution < 1.29 is 14.3 Å². The van der Waals surface area contributed by atoms with Crippen LogP contribution in [0.5, 0.6) is 5.75 Å². The van der Waals surface area contributed by atoms with Crippen molar-refractivity contribution in [1.29, 1.82) is 0 Å². The Hall–Kier alpha value is -2.26. The summed E-state index contributed by atoms with van der Waals surface area (Å²) in [5.74, 6) is 0.837. The van der Waals surface area contributed by atoms with Gasteiger partial charge in [0.2, 0.25) is 5.91 Å². The molecule has 0 radical (unpaired) electrons. The quantitative estimate of drug-likeness (QED) is 0.523. The summed E-state index contributed by atoms with van der Waals surface area (Å²) >= 11 is 7.43. The summed E-state index contributed by atoms with van der Waals surface area (Å²) in [5, 5.41) is 14.1. The molecule has 10 heteroatoms. The van der Waals surface area contributed by atoms with E-state index in [1.165, 1.54) is 11.8 Å². The number of rotatable bonds is 10. The standard InChI is InChI=1S/C20H28ClN5O3S/c1-5-14(6-2)26-17(12-29-16-11-9-8-10-15(16)21)24-25-20(26)30-13(4)18(27)23-19(28)22-7-3/h8-11,13-14H,5-7,12H2,1-4H3,(H2,22,23,27,28). The summed E-state index contributed by atoms with van der Waals surface area (Å²) in [6.45, 7) is 8.34. The van der Waals surface area contributed by atoms with E-state index in [-0.39, 0.29) is 18.6 Å². The first-order valence-electron chi connectivity index (χ1n) is 9.97. The number of imide groups is 1. The van der Waals surface area contributed by atoms with Gasteiger partial charge < -0.3 is 14.6 Å². The molecular formula is C20H28ClN5O3S. The van der Waals surface area contributed by atoms with Crippen LogP contribution in [0.4, 0.5) is 4.79 Å². The highest BCUT2D eigenvalue weighted by molar-refractivity contribution is 8.00. The van der Waals surface area contributed by atoms with Crippen molar-refractivity contribution in [3.05, 3.63) is 35.1 Å². The average Bonchev–Trinajstić information content (AvgIpc) is 3.11. The number of carbonyl (C=O) groups is 2. The van der Waals surface area contributed by atoms with Gasteiger partial charge in [-0.2, -0.15) is 0 Å². The Bertz CT molecular complexity index is 857. The van der Waals surface area contributed by atoms with Crippen LogP contribution >= 0.6 is 23.4 Å². The van der Waals surface area contributed by atoms with Gasteiger partial charge in [-0.3, -0.25) is 10.1 Å². The number of hydrogen-bond acceptors (Lipinski definition) is 6. The minimum absolute atomic E-state index is 0.158. The third-order valence-electron chi connectivity index (χ3n) is 4.46. The van der Waals surface area contributed by atoms with Crippen LogP contribution in [0.15, 0.2) is 29.4 Å². The van der Waals surface area contributed by atoms with Gasteiger partial charge in [0, 0.05) is 12.6 Å². The highest BCUT2D eigenvalue weighted by Gasteiger charge is 2.24. The van der Waals surface area contributed by atoms with Gasteiger partial charge in [-0.1, -0.05) is 49.3 Å². The molecule has 0 fully saturated rings. The van der Waals surface area contributed by atoms with Crippen LogP contribution in [0, 0.1) is 0 Å². The molecule has 0 bridgehead atoms. The number of urea groups is 1. The largest absolute Gasteiger partial charge is 0.484 e. The molecule has 1 aromatic carbocycles. The number of amides is 3. The van der Waals surface area contributed by atoms with E-state index in [1.807, 2.05) is 16.7 Å². The van der Waals surface area contributed by atoms with Crippen LogP contribution in [0.1, 0.15) is 52.4 Å². The van der Waals surface area contributed by atoms with Crippen molar-refractivity contribution in [2.45, 2.75) is 63.6 Å². The Morgan fingerprint density at radius 3 is 2.53 bits per heavy atom. The lowest BCUT2D eigenvalue weighted by Gasteiger charge is -2.20. The molecule has 1 aromatic heterocycles. The highest BCUT2D eigenvalue weighted by atomic mass is 35.5. The number of para-hydroxylation sites is 1. The molecule has 0 saturated carbocycles. The first kappa shape index (κ1) is 24.0. The summed E-state index contributed by atoms with van der Waals surface area (Å²) in [6, 6.07) is 6.89. The molecule has 0 aliphatic heterocycles. The average molecular weight is 454 g/mol. The van der Waals surface area contributed by atoms with Crippen molar-refractivity contribution in [1.82, 2.24) is 25.4 Å². The lowest BCUT2D eigenvalue weighted by atomic mass is 10.2. The Balaban J connectivity index is 2.18. The molecule has 0 spiro atoms. The van der Waals surface area contributed by atoms with Crippen LogP contribution in [0.2, 0.25) is 5.02 Å². The van der Waals surface area contributed by atoms with Gasteiger partial charge >= 0.3 is 6.03 Å². The number of nitrogens with one attached hydrogen (secondary N) is 2. The molecule has 0 aliphatic rings. The van der Waals surface area contributed by atoms with Gasteiger partial charge in [0.25, 0.3) is 0 Å². The second-order valence-corrected chi connectivity index (χ2v) is 8.28. The lowest BCUT2D eigenvalue weighted by Crippen LogP contribution is -2.42. The van der Waals surface area contributed by atoms with E-state index in [4.69, 9.17) is 16.3 Å². The van der Waals surface area contributed by atoms with Crippen LogP contribution in [0.3, 0.4) is 0 Å². The number of benzene rings is 1. The van der Waals surface area contributed by atoms with Crippen LogP contribution in [-0.2, 0) is 11.4 Å². The molecule has 8 nitrogen and oxygen atoms in total. The number of halogens is 1. The molecule has 2 N–H and O–H groups in total. The molecule has 164 valence electrons. The number of ether oxygens (including phenoxy) is 1. The van der Waals surface area contributed by atoms with E-state index in [9.17, 15) is 9.59 Å². The van der Waals surface area contributed by atoms with Crippen LogP contribution in [-0.4, -0.2) is 38.5 Å². The van der Waals surface area contributed by atoms with Gasteiger partial charge in [0.15, 0.2) is 11.0 Å². The normalized spacial score (nSPS) is 11.9. The summed E-state index contributed by atoms with van der Waals surface area (Å²) in [4.78, 5) is 23.9. The van der Waals surface area contributed by atoms with Gasteiger partial charge in [-0.05, 0) is 38.8 Å². The minimum atomic E-state index is -0.526. The third-order valence-corrected chi connectivity index (χ3v) is 5.83. The number of aromatic nitrogens is 3. The molecule has 0 aliphatic carbocycles. The molecule has 1 unspecified atom stereocenters. The number of hydrogen-bond donors (Lipinski definition) is 2. The van der Waals surface area contributed by atoms with Crippen molar-refractivity contribution in [2.24, 2.45) is 0 Å². The predicted molar refractivity (Wildman–Crippen MR) is 118 cm³/mol. The summed E-state index contributed by atoms with van der Waals surface area (Å²) in [5.41, 5.74) is 0. The Kier molecular flexibility index (Phi) is 9.45. The zero-order valence-electron chi connectivity index (χ0n) is 17.6. The van der Waals surface area contributed by atoms with Crippen LogP contribution in [0.25, 0.3) is 0 Å². The number of thioether (sulfide) groups is 1. The molecule has 1 atom stereocenters. The fourth-order valence-electron chi connectivity index (χ4n) is 2.84. The van der Waals surface area contributed by atoms with Crippen molar-refractivity contribution in [3.8, 4) is 5.75 Å². The first-order chi connectivity index (χ1) is 14.4. The van der Waals surface area contributed by atoms with Crippen molar-refractivity contribution in [2.75, 3.05) is 6.54 Å². The second-order valence-electron chi connectivity index (χ2n) is 6.57. The maximum absolute atomic E-state index is 12.3. The van der Waals surface area contributed by atoms with Gasteiger partial charge in [0.1, 0.15) is 12.4 Å². The van der Waals surface area contributed by atoms with Gasteiger partial charge in [-0.15, -0.1) is 10.2 Å². The number of nitrogens with zero attached hydrogens (tertiary/aromatic N) is 3. The van der Waals surface area contributed by atoms with Crippen molar-refractivity contribution in [3.63, 3.8) is 0 Å². The zero-order chi connectivity index (χ0) is 22.1. The molecule has 1 heterocycles. The molecule has 30 heavy (non-hydrogen) atoms. The third kappa shape index (κ3) is 6.37. The Morgan fingerprint density at radius 1 is 1.20 bits per heavy atom. The minimum Gasteiger partial charge on any atom is -0.484 e. The molecule has 0 saturated heterocycles. The maximum atomic E-state index is 12.3. The fraction of sp³-hybridized carbons (Fsp3) is 0.500. The van der Waals surface area contributed by atoms with E-state index in [1.54, 1.807) is 26.0 Å². The summed E-state index contributed by atoms with van der Waals surface area (Å²) < 4.78 is 7.86. The monoisotopic (exact) mass is 453 g/mol. The van der Waals surface area contributed by atoms with E-state index in [2.05, 4.69) is 34.7 Å². The van der Waals surface area contributed by atoms with E-state index in [0.29, 0.717) is 28.3 Å². The zero-order valence-corrected chi connectivity index (χ0v) is 19.2. The molecule has 2 aromatic rings. The first-order valence-corrected chi connectivity index (χ1v) is 11.2. The van der Waals surface area contributed by atoms with E-state index < -0.39 is 11.3 Å². The fourth-order valence-corrected chi connectivity index (χ4v) is 3.97. The topological polar surface area (TPSA) is 98.1 Å². The molecule has 2 rings (SSSR count). The predicted octanol–water partition coefficient (Wildman–Crippen LogP) is 4.20. The Morgan fingerprint density at radius 2 is 1.90 bits per heavy atom. The molecular weight excluding hydrogens is 426 g/mol. The van der Waals surface area contributed by atoms with Gasteiger partial charge in [-0.25, -0.2) is 4.79 Å². The lowest BCUT2D eigenvalue weighted by molar-refractivity contribution is -0.119. The summed E-state index contributed by atoms with van der Waals surface area (Å²) in [7, 11) is 0. The van der Waals surface area contributed by atoms with Gasteiger partial charge in [0.05, 0.1) is 10.3 Å². The van der Waals surface area contributed by atoms with E-state index in [0.717, 1.165) is 12.8 Å². The number of carbonyl (C=O) groups excluding carboxylic acids is 2.